The van der Waals surface area contributed by atoms with Crippen molar-refractivity contribution in [1.82, 2.24) is 14.1 Å². The lowest BCUT2D eigenvalue weighted by Crippen LogP contribution is -2.33. The first kappa shape index (κ1) is 15.7. The molecule has 0 spiro atoms. The van der Waals surface area contributed by atoms with E-state index in [1.165, 1.54) is 10.6 Å². The number of rotatable bonds is 3. The molecule has 0 aliphatic carbocycles. The lowest BCUT2D eigenvalue weighted by molar-refractivity contribution is 0.0998. The van der Waals surface area contributed by atoms with Crippen molar-refractivity contribution in [3.8, 4) is 0 Å². The summed E-state index contributed by atoms with van der Waals surface area (Å²) in [6, 6.07) is 10.8. The summed E-state index contributed by atoms with van der Waals surface area (Å²) in [4.78, 5) is 28.7. The number of nitrogens with two attached hydrogens (primary N) is 1. The molecule has 0 saturated heterocycles. The number of benzene rings is 1. The Morgan fingerprint density at radius 2 is 1.96 bits per heavy atom. The number of hydrogen-bond acceptors (Lipinski definition) is 4. The third-order valence-electron chi connectivity index (χ3n) is 4.05. The molecule has 0 fully saturated rings. The van der Waals surface area contributed by atoms with Gasteiger partial charge in [0.25, 0.3) is 11.5 Å². The number of carbonyl (C=O) groups excluding carboxylic acids is 1. The highest BCUT2D eigenvalue weighted by Crippen LogP contribution is 2.11. The molecule has 3 N–H and O–H groups in total. The van der Waals surface area contributed by atoms with E-state index in [-0.39, 0.29) is 22.0 Å². The number of amides is 1. The second-order valence-electron chi connectivity index (χ2n) is 5.60. The van der Waals surface area contributed by atoms with Crippen LogP contribution < -0.4 is 16.8 Å². The van der Waals surface area contributed by atoms with Crippen LogP contribution in [0.5, 0.6) is 0 Å². The molecule has 0 bridgehead atoms. The number of aryl methyl sites for hydroxylation is 1. The van der Waals surface area contributed by atoms with E-state index in [1.807, 2.05) is 30.3 Å². The molecule has 1 aromatic carbocycles. The zero-order valence-corrected chi connectivity index (χ0v) is 13.4. The third-order valence-corrected chi connectivity index (χ3v) is 4.05. The van der Waals surface area contributed by atoms with Gasteiger partial charge in [0.2, 0.25) is 0 Å². The van der Waals surface area contributed by atoms with Gasteiger partial charge < -0.3 is 10.3 Å². The average molecular weight is 323 g/mol. The lowest BCUT2D eigenvalue weighted by atomic mass is 10.1. The highest BCUT2D eigenvalue weighted by molar-refractivity contribution is 5.95. The summed E-state index contributed by atoms with van der Waals surface area (Å²) in [5.74, 6) is -0.216. The minimum absolute atomic E-state index is 0.00110. The Labute approximate surface area is 137 Å². The SMILES string of the molecule is Cc1nc2c(cc(C(N)=O)c(=N)n2Cc2ccccc2)c(=O)n1C. The van der Waals surface area contributed by atoms with E-state index in [4.69, 9.17) is 11.1 Å². The molecule has 7 nitrogen and oxygen atoms in total. The van der Waals surface area contributed by atoms with E-state index in [1.54, 1.807) is 18.5 Å². The van der Waals surface area contributed by atoms with Gasteiger partial charge in [-0.15, -0.1) is 0 Å². The second-order valence-corrected chi connectivity index (χ2v) is 5.60. The summed E-state index contributed by atoms with van der Waals surface area (Å²) in [5, 5.41) is 8.58. The van der Waals surface area contributed by atoms with Gasteiger partial charge in [-0.3, -0.25) is 19.6 Å². The Morgan fingerprint density at radius 1 is 1.29 bits per heavy atom. The third kappa shape index (κ3) is 2.50. The van der Waals surface area contributed by atoms with Crippen LogP contribution in [0.3, 0.4) is 0 Å². The van der Waals surface area contributed by atoms with Crippen molar-refractivity contribution in [3.63, 3.8) is 0 Å². The van der Waals surface area contributed by atoms with Crippen molar-refractivity contribution in [2.75, 3.05) is 0 Å². The molecule has 24 heavy (non-hydrogen) atoms. The minimum atomic E-state index is -0.744. The van der Waals surface area contributed by atoms with E-state index in [0.717, 1.165) is 5.56 Å². The van der Waals surface area contributed by atoms with E-state index in [2.05, 4.69) is 4.98 Å². The molecule has 0 aliphatic rings. The average Bonchev–Trinajstić information content (AvgIpc) is 2.56. The molecule has 2 aromatic heterocycles. The van der Waals surface area contributed by atoms with Crippen LogP contribution in [0, 0.1) is 12.3 Å². The molecule has 1 amide bonds. The van der Waals surface area contributed by atoms with Gasteiger partial charge in [-0.1, -0.05) is 30.3 Å². The van der Waals surface area contributed by atoms with Crippen LogP contribution in [0.15, 0.2) is 41.2 Å². The summed E-state index contributed by atoms with van der Waals surface area (Å²) < 4.78 is 2.95. The molecule has 7 heteroatoms. The molecule has 2 heterocycles. The Morgan fingerprint density at radius 3 is 2.58 bits per heavy atom. The maximum atomic E-state index is 12.5. The van der Waals surface area contributed by atoms with Crippen LogP contribution in [0.1, 0.15) is 21.7 Å². The van der Waals surface area contributed by atoms with Crippen LogP contribution in [0.2, 0.25) is 0 Å². The topological polar surface area (TPSA) is 107 Å². The van der Waals surface area contributed by atoms with E-state index in [9.17, 15) is 9.59 Å². The summed E-state index contributed by atoms with van der Waals surface area (Å²) in [6.07, 6.45) is 0. The number of primary amides is 1. The van der Waals surface area contributed by atoms with Crippen molar-refractivity contribution >= 4 is 16.9 Å². The quantitative estimate of drug-likeness (QED) is 0.739. The Hall–Kier alpha value is -3.22. The van der Waals surface area contributed by atoms with Gasteiger partial charge in [0.05, 0.1) is 17.5 Å². The van der Waals surface area contributed by atoms with E-state index >= 15 is 0 Å². The molecule has 0 radical (unpaired) electrons. The highest BCUT2D eigenvalue weighted by atomic mass is 16.1. The van der Waals surface area contributed by atoms with Crippen LogP contribution in [0.25, 0.3) is 11.0 Å². The summed E-state index contributed by atoms with van der Waals surface area (Å²) in [5.41, 5.74) is 6.35. The normalized spacial score (nSPS) is 10.9. The van der Waals surface area contributed by atoms with Crippen molar-refractivity contribution in [3.05, 3.63) is 69.2 Å². The Kier molecular flexibility index (Phi) is 3.76. The van der Waals surface area contributed by atoms with Crippen LogP contribution in [0.4, 0.5) is 0 Å². The van der Waals surface area contributed by atoms with Gasteiger partial charge in [0, 0.05) is 7.05 Å². The molecule has 0 unspecified atom stereocenters. The van der Waals surface area contributed by atoms with Crippen molar-refractivity contribution in [2.45, 2.75) is 13.5 Å². The van der Waals surface area contributed by atoms with E-state index in [0.29, 0.717) is 18.0 Å². The smallest absolute Gasteiger partial charge is 0.262 e. The Balaban J connectivity index is 2.41. The Bertz CT molecular complexity index is 1060. The first-order valence-corrected chi connectivity index (χ1v) is 7.39. The number of carbonyl (C=O) groups is 1. The predicted octanol–water partition coefficient (Wildman–Crippen LogP) is 0.670. The van der Waals surface area contributed by atoms with Gasteiger partial charge in [0.1, 0.15) is 17.0 Å². The summed E-state index contributed by atoms with van der Waals surface area (Å²) in [7, 11) is 1.62. The number of nitrogens with one attached hydrogen (secondary N) is 1. The van der Waals surface area contributed by atoms with E-state index < -0.39 is 5.91 Å². The highest BCUT2D eigenvalue weighted by Gasteiger charge is 2.16. The van der Waals surface area contributed by atoms with Crippen molar-refractivity contribution in [1.29, 1.82) is 5.41 Å². The number of fused-ring (bicyclic) bond motifs is 1. The number of nitrogens with zero attached hydrogens (tertiary/aromatic N) is 3. The number of aromatic nitrogens is 3. The summed E-state index contributed by atoms with van der Waals surface area (Å²) >= 11 is 0. The number of pyridine rings is 1. The van der Waals surface area contributed by atoms with Crippen LogP contribution in [-0.4, -0.2) is 20.0 Å². The predicted molar refractivity (Wildman–Crippen MR) is 89.6 cm³/mol. The van der Waals surface area contributed by atoms with Crippen LogP contribution >= 0.6 is 0 Å². The first-order chi connectivity index (χ1) is 11.4. The first-order valence-electron chi connectivity index (χ1n) is 7.39. The monoisotopic (exact) mass is 323 g/mol. The molecule has 0 atom stereocenters. The zero-order chi connectivity index (χ0) is 17.4. The molecular formula is C17H17N5O2. The molecule has 3 rings (SSSR count). The zero-order valence-electron chi connectivity index (χ0n) is 13.4. The fourth-order valence-corrected chi connectivity index (χ4v) is 2.62. The van der Waals surface area contributed by atoms with Crippen molar-refractivity contribution < 1.29 is 4.79 Å². The molecular weight excluding hydrogens is 306 g/mol. The molecule has 0 aliphatic heterocycles. The maximum Gasteiger partial charge on any atom is 0.262 e. The van der Waals surface area contributed by atoms with Gasteiger partial charge in [-0.05, 0) is 18.6 Å². The fraction of sp³-hybridized carbons (Fsp3) is 0.176. The molecule has 0 saturated carbocycles. The second kappa shape index (κ2) is 5.77. The van der Waals surface area contributed by atoms with Crippen LogP contribution in [-0.2, 0) is 13.6 Å². The maximum absolute atomic E-state index is 12.5. The standard InChI is InChI=1S/C17H17N5O2/c1-10-20-16-13(17(24)21(10)2)8-12(15(19)23)14(18)22(16)9-11-6-4-3-5-7-11/h3-8,18H,9H2,1-2H3,(H2,19,23). The largest absolute Gasteiger partial charge is 0.365 e. The molecule has 122 valence electrons. The minimum Gasteiger partial charge on any atom is -0.365 e. The van der Waals surface area contributed by atoms with Gasteiger partial charge >= 0.3 is 0 Å². The lowest BCUT2D eigenvalue weighted by Gasteiger charge is -2.14. The van der Waals surface area contributed by atoms with Gasteiger partial charge in [-0.2, -0.15) is 0 Å². The van der Waals surface area contributed by atoms with Gasteiger partial charge in [0.15, 0.2) is 0 Å². The molecule has 3 aromatic rings. The van der Waals surface area contributed by atoms with Gasteiger partial charge in [-0.25, -0.2) is 4.98 Å². The summed E-state index contributed by atoms with van der Waals surface area (Å²) in [6.45, 7) is 2.04. The van der Waals surface area contributed by atoms with Crippen molar-refractivity contribution in [2.24, 2.45) is 12.8 Å². The fourth-order valence-electron chi connectivity index (χ4n) is 2.62. The number of hydrogen-bond donors (Lipinski definition) is 2.